The summed E-state index contributed by atoms with van der Waals surface area (Å²) >= 11 is 0. The summed E-state index contributed by atoms with van der Waals surface area (Å²) in [5.41, 5.74) is 7.74. The minimum Gasteiger partial charge on any atom is -0.365 e. The van der Waals surface area contributed by atoms with Crippen LogP contribution in [0.5, 0.6) is 0 Å². The molecule has 1 aromatic heterocycles. The van der Waals surface area contributed by atoms with E-state index in [0.717, 1.165) is 63.5 Å². The van der Waals surface area contributed by atoms with Crippen LogP contribution in [0, 0.1) is 18.8 Å². The van der Waals surface area contributed by atoms with Crippen molar-refractivity contribution in [2.45, 2.75) is 39.2 Å². The van der Waals surface area contributed by atoms with Crippen molar-refractivity contribution in [1.82, 2.24) is 15.3 Å². The molecule has 34 heavy (non-hydrogen) atoms. The first-order valence-electron chi connectivity index (χ1n) is 12.7. The Hall–Kier alpha value is -2.92. The minimum absolute atomic E-state index is 0.0214. The molecule has 2 unspecified atom stereocenters. The van der Waals surface area contributed by atoms with Gasteiger partial charge in [-0.3, -0.25) is 0 Å². The molecule has 4 heterocycles. The van der Waals surface area contributed by atoms with Crippen LogP contribution < -0.4 is 15.1 Å². The van der Waals surface area contributed by atoms with E-state index < -0.39 is 0 Å². The van der Waals surface area contributed by atoms with Gasteiger partial charge < -0.3 is 15.1 Å². The van der Waals surface area contributed by atoms with E-state index in [4.69, 9.17) is 9.97 Å². The summed E-state index contributed by atoms with van der Waals surface area (Å²) < 4.78 is 0. The second kappa shape index (κ2) is 8.38. The van der Waals surface area contributed by atoms with Crippen molar-refractivity contribution >= 4 is 11.6 Å². The molecule has 1 N–H and O–H groups in total. The molecule has 6 rings (SSSR count). The maximum atomic E-state index is 5.05. The van der Waals surface area contributed by atoms with Gasteiger partial charge in [-0.1, -0.05) is 55.8 Å². The summed E-state index contributed by atoms with van der Waals surface area (Å²) in [5.74, 6) is 2.42. The van der Waals surface area contributed by atoms with E-state index in [2.05, 4.69) is 90.6 Å². The van der Waals surface area contributed by atoms with Crippen molar-refractivity contribution in [2.24, 2.45) is 11.8 Å². The van der Waals surface area contributed by atoms with Crippen molar-refractivity contribution in [3.05, 3.63) is 82.7 Å². The van der Waals surface area contributed by atoms with Gasteiger partial charge in [-0.15, -0.1) is 0 Å². The summed E-state index contributed by atoms with van der Waals surface area (Å²) in [6, 6.07) is 18.1. The van der Waals surface area contributed by atoms with Gasteiger partial charge in [-0.25, -0.2) is 9.97 Å². The number of nitrogens with zero attached hydrogens (tertiary/aromatic N) is 4. The largest absolute Gasteiger partial charge is 0.365 e. The first-order chi connectivity index (χ1) is 16.5. The van der Waals surface area contributed by atoms with Crippen molar-refractivity contribution in [3.8, 4) is 0 Å². The topological polar surface area (TPSA) is 44.3 Å². The summed E-state index contributed by atoms with van der Waals surface area (Å²) in [4.78, 5) is 14.7. The Labute approximate surface area is 203 Å². The van der Waals surface area contributed by atoms with Gasteiger partial charge in [-0.2, -0.15) is 0 Å². The molecule has 0 radical (unpaired) electrons. The van der Waals surface area contributed by atoms with Gasteiger partial charge in [0.2, 0.25) is 5.95 Å². The molecule has 2 fully saturated rings. The monoisotopic (exact) mass is 453 g/mol. The van der Waals surface area contributed by atoms with E-state index in [9.17, 15) is 0 Å². The zero-order valence-corrected chi connectivity index (χ0v) is 20.6. The average Bonchev–Trinajstić information content (AvgIpc) is 3.46. The fourth-order valence-corrected chi connectivity index (χ4v) is 5.91. The van der Waals surface area contributed by atoms with Crippen LogP contribution in [0.25, 0.3) is 0 Å². The Balaban J connectivity index is 1.19. The zero-order valence-electron chi connectivity index (χ0n) is 20.6. The van der Waals surface area contributed by atoms with Gasteiger partial charge in [0, 0.05) is 50.0 Å². The zero-order chi connectivity index (χ0) is 23.3. The van der Waals surface area contributed by atoms with Crippen LogP contribution in [0.2, 0.25) is 0 Å². The molecule has 2 atom stereocenters. The summed E-state index contributed by atoms with van der Waals surface area (Å²) in [6.45, 7) is 13.1. The maximum absolute atomic E-state index is 5.05. The van der Waals surface area contributed by atoms with Crippen molar-refractivity contribution in [1.29, 1.82) is 0 Å². The number of nitrogens with one attached hydrogen (secondary N) is 1. The molecule has 3 aliphatic rings. The van der Waals surface area contributed by atoms with E-state index in [1.165, 1.54) is 33.6 Å². The summed E-state index contributed by atoms with van der Waals surface area (Å²) in [5, 5.41) is 3.52. The van der Waals surface area contributed by atoms with Crippen LogP contribution in [-0.2, 0) is 18.4 Å². The average molecular weight is 454 g/mol. The standard InChI is InChI=1S/C29H35N5/c1-20-4-6-24(7-5-20)29(2,3)25-8-10-26(11-9-25)33-13-12-21-16-31-28(32-27(21)19-33)34-17-22-14-30-15-23(22)18-34/h4-11,16,22-23,30H,12-15,17-19H2,1-3H3. The van der Waals surface area contributed by atoms with Crippen LogP contribution in [0.3, 0.4) is 0 Å². The quantitative estimate of drug-likeness (QED) is 0.637. The normalized spacial score (nSPS) is 22.1. The Morgan fingerprint density at radius 3 is 2.21 bits per heavy atom. The van der Waals surface area contributed by atoms with Gasteiger partial charge >= 0.3 is 0 Å². The van der Waals surface area contributed by atoms with Gasteiger partial charge in [0.1, 0.15) is 0 Å². The van der Waals surface area contributed by atoms with Crippen LogP contribution in [0.1, 0.15) is 41.8 Å². The molecule has 5 heteroatoms. The van der Waals surface area contributed by atoms with Crippen molar-refractivity contribution in [3.63, 3.8) is 0 Å². The number of aryl methyl sites for hydroxylation is 1. The molecule has 3 aromatic rings. The van der Waals surface area contributed by atoms with E-state index in [1.807, 2.05) is 0 Å². The number of fused-ring (bicyclic) bond motifs is 2. The molecule has 0 saturated carbocycles. The lowest BCUT2D eigenvalue weighted by Gasteiger charge is -2.32. The van der Waals surface area contributed by atoms with E-state index in [-0.39, 0.29) is 5.41 Å². The number of benzene rings is 2. The lowest BCUT2D eigenvalue weighted by atomic mass is 9.78. The molecule has 0 spiro atoms. The van der Waals surface area contributed by atoms with Crippen molar-refractivity contribution < 1.29 is 0 Å². The highest BCUT2D eigenvalue weighted by atomic mass is 15.3. The Kier molecular flexibility index (Phi) is 5.33. The molecular formula is C29H35N5. The Bertz CT molecular complexity index is 1160. The summed E-state index contributed by atoms with van der Waals surface area (Å²) in [6.07, 6.45) is 3.08. The highest BCUT2D eigenvalue weighted by molar-refractivity contribution is 5.52. The van der Waals surface area contributed by atoms with Gasteiger partial charge in [0.15, 0.2) is 0 Å². The predicted octanol–water partition coefficient (Wildman–Crippen LogP) is 4.33. The second-order valence-corrected chi connectivity index (χ2v) is 10.9. The smallest absolute Gasteiger partial charge is 0.225 e. The fraction of sp³-hybridized carbons (Fsp3) is 0.448. The number of aromatic nitrogens is 2. The summed E-state index contributed by atoms with van der Waals surface area (Å²) in [7, 11) is 0. The minimum atomic E-state index is -0.0214. The third-order valence-electron chi connectivity index (χ3n) is 8.33. The lowest BCUT2D eigenvalue weighted by molar-refractivity contribution is 0.533. The van der Waals surface area contributed by atoms with Gasteiger partial charge in [0.05, 0.1) is 12.2 Å². The number of rotatable bonds is 4. The SMILES string of the molecule is Cc1ccc(C(C)(C)c2ccc(N3CCc4cnc(N5CC6CNCC6C5)nc4C3)cc2)cc1. The molecule has 0 bridgehead atoms. The molecule has 0 amide bonds. The molecule has 0 aliphatic carbocycles. The number of hydrogen-bond acceptors (Lipinski definition) is 5. The Morgan fingerprint density at radius 1 is 0.882 bits per heavy atom. The van der Waals surface area contributed by atoms with Crippen LogP contribution in [-0.4, -0.2) is 42.7 Å². The van der Waals surface area contributed by atoms with Crippen LogP contribution in [0.15, 0.2) is 54.7 Å². The van der Waals surface area contributed by atoms with Crippen LogP contribution >= 0.6 is 0 Å². The number of anilines is 2. The van der Waals surface area contributed by atoms with E-state index in [1.54, 1.807) is 0 Å². The third-order valence-corrected chi connectivity index (χ3v) is 8.33. The van der Waals surface area contributed by atoms with Gasteiger partial charge in [0.25, 0.3) is 0 Å². The van der Waals surface area contributed by atoms with Gasteiger partial charge in [-0.05, 0) is 54.0 Å². The lowest BCUT2D eigenvalue weighted by Crippen LogP contribution is -2.33. The molecule has 3 aliphatic heterocycles. The van der Waals surface area contributed by atoms with E-state index >= 15 is 0 Å². The molecule has 2 saturated heterocycles. The highest BCUT2D eigenvalue weighted by Gasteiger charge is 2.37. The Morgan fingerprint density at radius 2 is 1.53 bits per heavy atom. The highest BCUT2D eigenvalue weighted by Crippen LogP contribution is 2.34. The fourth-order valence-electron chi connectivity index (χ4n) is 5.91. The van der Waals surface area contributed by atoms with E-state index in [0.29, 0.717) is 0 Å². The third kappa shape index (κ3) is 3.86. The molecular weight excluding hydrogens is 418 g/mol. The maximum Gasteiger partial charge on any atom is 0.225 e. The first kappa shape index (κ1) is 21.6. The predicted molar refractivity (Wildman–Crippen MR) is 139 cm³/mol. The van der Waals surface area contributed by atoms with Crippen LogP contribution in [0.4, 0.5) is 11.6 Å². The van der Waals surface area contributed by atoms with Crippen molar-refractivity contribution in [2.75, 3.05) is 42.5 Å². The number of hydrogen-bond donors (Lipinski definition) is 1. The second-order valence-electron chi connectivity index (χ2n) is 10.9. The molecule has 2 aromatic carbocycles. The first-order valence-corrected chi connectivity index (χ1v) is 12.7. The molecule has 176 valence electrons. The molecule has 5 nitrogen and oxygen atoms in total.